The van der Waals surface area contributed by atoms with Crippen molar-refractivity contribution in [2.24, 2.45) is 0 Å². The van der Waals surface area contributed by atoms with Crippen LogP contribution in [-0.2, 0) is 24.1 Å². The Bertz CT molecular complexity index is 1930. The van der Waals surface area contributed by atoms with Gasteiger partial charge in [0.05, 0.1) is 0 Å². The van der Waals surface area contributed by atoms with E-state index >= 15 is 0 Å². The molecule has 0 fully saturated rings. The fraction of sp³-hybridized carbons (Fsp3) is 0.250. The van der Waals surface area contributed by atoms with Crippen LogP contribution in [0.5, 0.6) is 11.5 Å². The molecular weight excluding hydrogens is 961 g/mol. The molecule has 6 aromatic carbocycles. The summed E-state index contributed by atoms with van der Waals surface area (Å²) in [5.41, 5.74) is 0. The molecule has 0 radical (unpaired) electrons. The maximum absolute atomic E-state index is 7.28. The van der Waals surface area contributed by atoms with Gasteiger partial charge in [0, 0.05) is 0 Å². The van der Waals surface area contributed by atoms with Gasteiger partial charge in [-0.25, -0.2) is 0 Å². The molecule has 308 valence electrons. The van der Waals surface area contributed by atoms with E-state index in [2.05, 4.69) is 201 Å². The molecule has 0 amide bonds. The number of hydrogen-bond acceptors (Lipinski definition) is 6. The molecule has 0 heterocycles. The number of rotatable bonds is 18. The Kier molecular flexibility index (Phi) is 21.4. The first kappa shape index (κ1) is 50.3. The Morgan fingerprint density at radius 2 is 0.661 bits per heavy atom. The van der Waals surface area contributed by atoms with E-state index in [1.807, 2.05) is 47.0 Å². The summed E-state index contributed by atoms with van der Waals surface area (Å²) in [7, 11) is -1.82. The van der Waals surface area contributed by atoms with E-state index in [0.29, 0.717) is 21.0 Å². The molecule has 0 aliphatic heterocycles. The van der Waals surface area contributed by atoms with Gasteiger partial charge in [-0.15, -0.1) is 0 Å². The number of hydrogen-bond donors (Lipinski definition) is 0. The molecule has 6 aromatic rings. The monoisotopic (exact) mass is 1010 g/mol. The Balaban J connectivity index is 0.00000384. The standard InChI is InChI=1S/2C24H27OPS2.2ClH.Zr/c2*1-17(2)27-21-15-22(24(25)23(16-21)28-18(3)4)26(19-11-7-5-8-12-19)20-13-9-6-10-14-20;;;/h2*5-18,25H,1-4H3;2*1H;/q;;;;+4/p-4. The van der Waals surface area contributed by atoms with E-state index in [4.69, 9.17) is 5.63 Å². The van der Waals surface area contributed by atoms with Crippen molar-refractivity contribution in [3.63, 3.8) is 0 Å². The Hall–Kier alpha value is -1.36. The zero-order valence-corrected chi connectivity index (χ0v) is 43.8. The summed E-state index contributed by atoms with van der Waals surface area (Å²) in [5, 5.41) is 9.46. The molecule has 0 saturated heterocycles. The SMILES string of the molecule is CC(C)Sc1cc(SC(C)C)c([O][Zr+2][O]c2c(SC(C)C)cc(SC(C)C)cc2P(c2ccccc2)c2ccccc2)c(P(c2ccccc2)c2ccccc2)c1.[Cl-].[Cl-]. The van der Waals surface area contributed by atoms with Crippen LogP contribution in [-0.4, -0.2) is 21.0 Å². The van der Waals surface area contributed by atoms with Crippen LogP contribution in [0.3, 0.4) is 0 Å². The average Bonchev–Trinajstić information content (AvgIpc) is 3.17. The first-order valence-corrected chi connectivity index (χ1v) is 27.7. The van der Waals surface area contributed by atoms with Crippen LogP contribution in [0.1, 0.15) is 55.4 Å². The predicted molar refractivity (Wildman–Crippen MR) is 256 cm³/mol. The van der Waals surface area contributed by atoms with Gasteiger partial charge in [-0.1, -0.05) is 0 Å². The van der Waals surface area contributed by atoms with Gasteiger partial charge in [-0.3, -0.25) is 0 Å². The van der Waals surface area contributed by atoms with Crippen LogP contribution >= 0.6 is 62.9 Å². The maximum atomic E-state index is 7.28. The molecule has 11 heteroatoms. The first-order valence-electron chi connectivity index (χ1n) is 19.5. The molecule has 0 aliphatic rings. The number of thioether (sulfide) groups is 4. The van der Waals surface area contributed by atoms with Crippen molar-refractivity contribution in [3.8, 4) is 11.5 Å². The summed E-state index contributed by atoms with van der Waals surface area (Å²) in [4.78, 5) is 4.97. The van der Waals surface area contributed by atoms with E-state index in [9.17, 15) is 0 Å². The average molecular weight is 1010 g/mol. The largest absolute Gasteiger partial charge is 1.00 e. The molecule has 0 bridgehead atoms. The van der Waals surface area contributed by atoms with Gasteiger partial charge < -0.3 is 24.8 Å². The summed E-state index contributed by atoms with van der Waals surface area (Å²) in [5.74, 6) is 1.99. The van der Waals surface area contributed by atoms with Crippen molar-refractivity contribution in [3.05, 3.63) is 146 Å². The molecule has 6 rings (SSSR count). The molecular formula is C48H52Cl2O2P2S4Zr. The molecule has 0 aromatic heterocycles. The zero-order chi connectivity index (χ0) is 40.3. The minimum Gasteiger partial charge on any atom is -1.00 e. The van der Waals surface area contributed by atoms with Crippen LogP contribution < -0.4 is 62.3 Å². The van der Waals surface area contributed by atoms with Crippen molar-refractivity contribution >= 4 is 94.7 Å². The Labute approximate surface area is 398 Å². The normalized spacial score (nSPS) is 11.2. The minimum absolute atomic E-state index is 0. The zero-order valence-electron chi connectivity index (χ0n) is 34.8. The second kappa shape index (κ2) is 25.1. The number of halogens is 2. The van der Waals surface area contributed by atoms with Gasteiger partial charge in [0.2, 0.25) is 0 Å². The summed E-state index contributed by atoms with van der Waals surface area (Å²) in [6, 6.07) is 53.6. The van der Waals surface area contributed by atoms with Crippen molar-refractivity contribution in [2.45, 2.75) is 96.0 Å². The predicted octanol–water partition coefficient (Wildman–Crippen LogP) is 6.58. The number of benzene rings is 6. The third-order valence-electron chi connectivity index (χ3n) is 8.31. The van der Waals surface area contributed by atoms with Gasteiger partial charge in [-0.05, 0) is 0 Å². The van der Waals surface area contributed by atoms with Crippen LogP contribution in [0.15, 0.2) is 165 Å². The Morgan fingerprint density at radius 3 is 0.915 bits per heavy atom. The van der Waals surface area contributed by atoms with E-state index in [1.54, 1.807) is 0 Å². The van der Waals surface area contributed by atoms with E-state index in [-0.39, 0.29) is 24.8 Å². The quantitative estimate of drug-likeness (QED) is 0.0712. The molecule has 59 heavy (non-hydrogen) atoms. The van der Waals surface area contributed by atoms with Crippen LogP contribution in [0.4, 0.5) is 0 Å². The fourth-order valence-electron chi connectivity index (χ4n) is 6.29. The molecule has 0 atom stereocenters. The summed E-state index contributed by atoms with van der Waals surface area (Å²) < 4.78 is 14.6. The third kappa shape index (κ3) is 14.3. The van der Waals surface area contributed by atoms with Gasteiger partial charge in [0.25, 0.3) is 0 Å². The van der Waals surface area contributed by atoms with Crippen LogP contribution in [0, 0.1) is 0 Å². The summed E-state index contributed by atoms with van der Waals surface area (Å²) >= 11 is 5.66. The second-order valence-corrected chi connectivity index (χ2v) is 26.8. The van der Waals surface area contributed by atoms with Crippen molar-refractivity contribution in [1.29, 1.82) is 0 Å². The van der Waals surface area contributed by atoms with Gasteiger partial charge >= 0.3 is 378 Å². The molecule has 2 nitrogen and oxygen atoms in total. The summed E-state index contributed by atoms with van der Waals surface area (Å²) in [6.07, 6.45) is 0. The maximum Gasteiger partial charge on any atom is -1.00 e. The minimum atomic E-state index is -1.99. The van der Waals surface area contributed by atoms with Gasteiger partial charge in [-0.2, -0.15) is 0 Å². The molecule has 0 N–H and O–H groups in total. The summed E-state index contributed by atoms with van der Waals surface area (Å²) in [6.45, 7) is 18.2. The van der Waals surface area contributed by atoms with Crippen LogP contribution in [0.2, 0.25) is 0 Å². The first-order chi connectivity index (χ1) is 27.6. The smallest absolute Gasteiger partial charge is 1.00 e. The second-order valence-electron chi connectivity index (χ2n) is 14.5. The van der Waals surface area contributed by atoms with E-state index in [0.717, 1.165) is 11.5 Å². The van der Waals surface area contributed by atoms with E-state index < -0.39 is 40.0 Å². The van der Waals surface area contributed by atoms with Crippen molar-refractivity contribution in [2.75, 3.05) is 0 Å². The molecule has 0 unspecified atom stereocenters. The van der Waals surface area contributed by atoms with Gasteiger partial charge in [0.15, 0.2) is 0 Å². The van der Waals surface area contributed by atoms with Crippen LogP contribution in [0.25, 0.3) is 0 Å². The fourth-order valence-corrected chi connectivity index (χ4v) is 17.8. The van der Waals surface area contributed by atoms with Crippen molar-refractivity contribution < 1.29 is 54.6 Å². The van der Waals surface area contributed by atoms with Gasteiger partial charge in [0.1, 0.15) is 0 Å². The molecule has 0 saturated carbocycles. The topological polar surface area (TPSA) is 18.5 Å². The third-order valence-corrected chi connectivity index (χ3v) is 18.6. The Morgan fingerprint density at radius 1 is 0.390 bits per heavy atom. The molecule has 0 spiro atoms. The molecule has 0 aliphatic carbocycles. The van der Waals surface area contributed by atoms with Crippen molar-refractivity contribution in [1.82, 2.24) is 0 Å². The van der Waals surface area contributed by atoms with E-state index in [1.165, 1.54) is 51.4 Å².